The first kappa shape index (κ1) is 21.2. The van der Waals surface area contributed by atoms with Crippen LogP contribution in [-0.2, 0) is 13.6 Å². The second kappa shape index (κ2) is 9.07. The molecular formula is C25H25FN6O. The lowest BCUT2D eigenvalue weighted by Gasteiger charge is -2.26. The lowest BCUT2D eigenvalue weighted by Crippen LogP contribution is -2.30. The van der Waals surface area contributed by atoms with Gasteiger partial charge in [-0.3, -0.25) is 19.4 Å². The van der Waals surface area contributed by atoms with E-state index < -0.39 is 5.82 Å². The molecule has 5 rings (SSSR count). The number of benzene rings is 1. The molecule has 0 bridgehead atoms. The van der Waals surface area contributed by atoms with Crippen LogP contribution in [0.1, 0.15) is 35.3 Å². The van der Waals surface area contributed by atoms with E-state index in [1.54, 1.807) is 30.5 Å². The van der Waals surface area contributed by atoms with Gasteiger partial charge in [0, 0.05) is 41.9 Å². The van der Waals surface area contributed by atoms with Gasteiger partial charge in [0.15, 0.2) is 0 Å². The summed E-state index contributed by atoms with van der Waals surface area (Å²) < 4.78 is 17.5. The van der Waals surface area contributed by atoms with Crippen molar-refractivity contribution in [2.45, 2.75) is 25.8 Å². The molecule has 0 spiro atoms. The monoisotopic (exact) mass is 444 g/mol. The third kappa shape index (κ3) is 4.34. The number of carbonyl (C=O) groups excluding carboxylic acids is 1. The van der Waals surface area contributed by atoms with Crippen molar-refractivity contribution in [1.82, 2.24) is 24.6 Å². The number of likely N-dealkylation sites (tertiary alicyclic amines) is 1. The zero-order valence-corrected chi connectivity index (χ0v) is 18.5. The first-order valence-electron chi connectivity index (χ1n) is 11.1. The maximum Gasteiger partial charge on any atom is 0.256 e. The maximum absolute atomic E-state index is 15.7. The Hall–Kier alpha value is -3.65. The van der Waals surface area contributed by atoms with Crippen molar-refractivity contribution in [2.24, 2.45) is 7.05 Å². The minimum absolute atomic E-state index is 0.272. The van der Waals surface area contributed by atoms with E-state index in [1.165, 1.54) is 37.7 Å². The molecule has 168 valence electrons. The third-order valence-electron chi connectivity index (χ3n) is 6.14. The fraction of sp³-hybridized carbons (Fsp3) is 0.280. The van der Waals surface area contributed by atoms with Crippen LogP contribution >= 0.6 is 0 Å². The Morgan fingerprint density at radius 1 is 1.03 bits per heavy atom. The van der Waals surface area contributed by atoms with E-state index >= 15 is 4.39 Å². The number of nitrogens with zero attached hydrogens (tertiary/aromatic N) is 5. The molecule has 1 fully saturated rings. The highest BCUT2D eigenvalue weighted by atomic mass is 19.1. The number of aryl methyl sites for hydroxylation is 1. The maximum atomic E-state index is 15.7. The van der Waals surface area contributed by atoms with Gasteiger partial charge in [0.2, 0.25) is 0 Å². The zero-order chi connectivity index (χ0) is 22.8. The second-order valence-electron chi connectivity index (χ2n) is 8.36. The molecule has 0 unspecified atom stereocenters. The molecule has 1 aromatic carbocycles. The molecule has 4 aromatic rings. The van der Waals surface area contributed by atoms with Crippen LogP contribution in [0.3, 0.4) is 0 Å². The fourth-order valence-corrected chi connectivity index (χ4v) is 4.30. The highest BCUT2D eigenvalue weighted by Gasteiger charge is 2.20. The van der Waals surface area contributed by atoms with E-state index in [4.69, 9.17) is 0 Å². The highest BCUT2D eigenvalue weighted by molar-refractivity contribution is 6.04. The topological polar surface area (TPSA) is 75.9 Å². The largest absolute Gasteiger partial charge is 0.307 e. The van der Waals surface area contributed by atoms with E-state index in [2.05, 4.69) is 25.3 Å². The molecule has 1 aliphatic rings. The van der Waals surface area contributed by atoms with Crippen molar-refractivity contribution in [1.29, 1.82) is 0 Å². The molecule has 1 amide bonds. The number of carbonyl (C=O) groups is 1. The normalized spacial score (nSPS) is 14.5. The molecule has 8 heteroatoms. The number of hydrogen-bond acceptors (Lipinski definition) is 5. The average Bonchev–Trinajstić information content (AvgIpc) is 3.20. The van der Waals surface area contributed by atoms with Gasteiger partial charge in [0.05, 0.1) is 23.6 Å². The summed E-state index contributed by atoms with van der Waals surface area (Å²) in [7, 11) is 1.89. The Labute approximate surface area is 191 Å². The van der Waals surface area contributed by atoms with Gasteiger partial charge in [-0.25, -0.2) is 9.37 Å². The van der Waals surface area contributed by atoms with Gasteiger partial charge in [-0.15, -0.1) is 0 Å². The van der Waals surface area contributed by atoms with Crippen molar-refractivity contribution >= 4 is 22.6 Å². The molecule has 0 saturated carbocycles. The number of amides is 1. The number of fused-ring (bicyclic) bond motifs is 1. The van der Waals surface area contributed by atoms with Crippen LogP contribution in [0.4, 0.5) is 10.2 Å². The highest BCUT2D eigenvalue weighted by Crippen LogP contribution is 2.31. The minimum Gasteiger partial charge on any atom is -0.307 e. The average molecular weight is 445 g/mol. The Morgan fingerprint density at radius 2 is 1.82 bits per heavy atom. The van der Waals surface area contributed by atoms with Gasteiger partial charge in [0.1, 0.15) is 11.6 Å². The zero-order valence-electron chi connectivity index (χ0n) is 18.5. The van der Waals surface area contributed by atoms with Crippen LogP contribution in [0, 0.1) is 5.82 Å². The van der Waals surface area contributed by atoms with Crippen LogP contribution in [0.2, 0.25) is 0 Å². The molecular weight excluding hydrogens is 419 g/mol. The van der Waals surface area contributed by atoms with Gasteiger partial charge < -0.3 is 5.32 Å². The lowest BCUT2D eigenvalue weighted by atomic mass is 10.0. The number of aromatic nitrogens is 4. The Kier molecular flexibility index (Phi) is 5.83. The van der Waals surface area contributed by atoms with Crippen molar-refractivity contribution in [3.05, 3.63) is 72.1 Å². The van der Waals surface area contributed by atoms with E-state index in [1.807, 2.05) is 17.8 Å². The molecule has 33 heavy (non-hydrogen) atoms. The first-order valence-corrected chi connectivity index (χ1v) is 11.1. The van der Waals surface area contributed by atoms with Crippen LogP contribution < -0.4 is 5.32 Å². The van der Waals surface area contributed by atoms with Gasteiger partial charge in [-0.1, -0.05) is 24.6 Å². The number of nitrogens with one attached hydrogen (secondary N) is 1. The van der Waals surface area contributed by atoms with Gasteiger partial charge >= 0.3 is 0 Å². The standard InChI is InChI=1S/C25H25FN6O/c1-31-22(16-32-10-6-3-7-11-32)19(14-29-31)20-13-27-21-15-28-23(12-18(21)24(20)26)30-25(33)17-8-4-2-5-9-17/h2,4-5,8-9,12-15H,3,6-7,10-11,16H2,1H3,(H,28,30,33). The van der Waals surface area contributed by atoms with Crippen molar-refractivity contribution < 1.29 is 9.18 Å². The summed E-state index contributed by atoms with van der Waals surface area (Å²) in [6, 6.07) is 10.4. The van der Waals surface area contributed by atoms with Crippen LogP contribution in [0.5, 0.6) is 0 Å². The van der Waals surface area contributed by atoms with Crippen molar-refractivity contribution in [3.63, 3.8) is 0 Å². The summed E-state index contributed by atoms with van der Waals surface area (Å²) in [6.07, 6.45) is 8.34. The summed E-state index contributed by atoms with van der Waals surface area (Å²) in [6.45, 7) is 2.80. The first-order chi connectivity index (χ1) is 16.1. The van der Waals surface area contributed by atoms with Crippen LogP contribution in [0.25, 0.3) is 22.0 Å². The number of halogens is 1. The smallest absolute Gasteiger partial charge is 0.256 e. The quantitative estimate of drug-likeness (QED) is 0.494. The van der Waals surface area contributed by atoms with Gasteiger partial charge in [0.25, 0.3) is 5.91 Å². The van der Waals surface area contributed by atoms with Gasteiger partial charge in [-0.2, -0.15) is 5.10 Å². The van der Waals surface area contributed by atoms with E-state index in [0.717, 1.165) is 30.9 Å². The fourth-order valence-electron chi connectivity index (χ4n) is 4.30. The molecule has 0 aliphatic carbocycles. The number of pyridine rings is 2. The summed E-state index contributed by atoms with van der Waals surface area (Å²) in [4.78, 5) is 23.5. The Balaban J connectivity index is 1.48. The Bertz CT molecular complexity index is 1300. The van der Waals surface area contributed by atoms with Crippen LogP contribution in [-0.4, -0.2) is 43.6 Å². The molecule has 0 radical (unpaired) electrons. The molecule has 7 nitrogen and oxygen atoms in total. The van der Waals surface area contributed by atoms with Crippen molar-refractivity contribution in [2.75, 3.05) is 18.4 Å². The SMILES string of the molecule is Cn1ncc(-c2cnc3cnc(NC(=O)c4ccccc4)cc3c2F)c1CN1CCCCC1. The number of anilines is 1. The van der Waals surface area contributed by atoms with E-state index in [9.17, 15) is 4.79 Å². The molecule has 1 aliphatic heterocycles. The molecule has 0 atom stereocenters. The van der Waals surface area contributed by atoms with Crippen molar-refractivity contribution in [3.8, 4) is 11.1 Å². The second-order valence-corrected chi connectivity index (χ2v) is 8.36. The molecule has 1 N–H and O–H groups in total. The molecule has 4 heterocycles. The predicted octanol–water partition coefficient (Wildman–Crippen LogP) is 4.41. The van der Waals surface area contributed by atoms with E-state index in [-0.39, 0.29) is 11.7 Å². The minimum atomic E-state index is -0.398. The molecule has 1 saturated heterocycles. The van der Waals surface area contributed by atoms with Gasteiger partial charge in [-0.05, 0) is 44.1 Å². The van der Waals surface area contributed by atoms with E-state index in [0.29, 0.717) is 22.0 Å². The number of hydrogen-bond donors (Lipinski definition) is 1. The predicted molar refractivity (Wildman–Crippen MR) is 125 cm³/mol. The summed E-state index contributed by atoms with van der Waals surface area (Å²) in [5.41, 5.74) is 3.03. The number of rotatable bonds is 5. The third-order valence-corrected chi connectivity index (χ3v) is 6.14. The Morgan fingerprint density at radius 3 is 2.61 bits per heavy atom. The molecule has 3 aromatic heterocycles. The summed E-state index contributed by atoms with van der Waals surface area (Å²) in [5.74, 6) is -0.428. The summed E-state index contributed by atoms with van der Waals surface area (Å²) >= 11 is 0. The number of piperidine rings is 1. The summed E-state index contributed by atoms with van der Waals surface area (Å²) in [5, 5.41) is 7.44. The lowest BCUT2D eigenvalue weighted by molar-refractivity contribution is 0.102. The van der Waals surface area contributed by atoms with Crippen LogP contribution in [0.15, 0.2) is 55.0 Å².